The van der Waals surface area contributed by atoms with Gasteiger partial charge < -0.3 is 5.32 Å². The van der Waals surface area contributed by atoms with Crippen LogP contribution in [0.25, 0.3) is 0 Å². The van der Waals surface area contributed by atoms with Crippen LogP contribution in [-0.4, -0.2) is 22.5 Å². The molecule has 118 valence electrons. The maximum Gasteiger partial charge on any atom is 0.272 e. The van der Waals surface area contributed by atoms with Crippen molar-refractivity contribution in [2.24, 2.45) is 5.10 Å². The SMILES string of the molecule is C/C(CC(=O)Nc1cccc(F)c1)=N/NC(=O)c1cccnc1. The van der Waals surface area contributed by atoms with Gasteiger partial charge in [-0.1, -0.05) is 6.07 Å². The lowest BCUT2D eigenvalue weighted by Gasteiger charge is -2.05. The second kappa shape index (κ2) is 7.79. The zero-order valence-electron chi connectivity index (χ0n) is 12.4. The summed E-state index contributed by atoms with van der Waals surface area (Å²) in [5, 5.41) is 6.40. The number of nitrogens with zero attached hydrogens (tertiary/aromatic N) is 2. The van der Waals surface area contributed by atoms with Crippen molar-refractivity contribution in [2.45, 2.75) is 13.3 Å². The van der Waals surface area contributed by atoms with Gasteiger partial charge in [-0.05, 0) is 37.3 Å². The Morgan fingerprint density at radius 1 is 1.26 bits per heavy atom. The van der Waals surface area contributed by atoms with E-state index in [1.807, 2.05) is 0 Å². The molecule has 6 nitrogen and oxygen atoms in total. The van der Waals surface area contributed by atoms with Crippen molar-refractivity contribution in [1.29, 1.82) is 0 Å². The van der Waals surface area contributed by atoms with Crippen molar-refractivity contribution in [3.63, 3.8) is 0 Å². The molecule has 0 atom stereocenters. The minimum Gasteiger partial charge on any atom is -0.326 e. The first-order valence-electron chi connectivity index (χ1n) is 6.83. The van der Waals surface area contributed by atoms with Crippen LogP contribution < -0.4 is 10.7 Å². The number of benzene rings is 1. The fraction of sp³-hybridized carbons (Fsp3) is 0.125. The van der Waals surface area contributed by atoms with Crippen molar-refractivity contribution in [2.75, 3.05) is 5.32 Å². The van der Waals surface area contributed by atoms with Gasteiger partial charge in [-0.25, -0.2) is 9.82 Å². The lowest BCUT2D eigenvalue weighted by molar-refractivity contribution is -0.115. The Bertz CT molecular complexity index is 732. The molecule has 7 heteroatoms. The highest BCUT2D eigenvalue weighted by atomic mass is 19.1. The summed E-state index contributed by atoms with van der Waals surface area (Å²) in [4.78, 5) is 27.4. The molecule has 2 aromatic rings. The van der Waals surface area contributed by atoms with Gasteiger partial charge in [-0.15, -0.1) is 0 Å². The quantitative estimate of drug-likeness (QED) is 0.656. The van der Waals surface area contributed by atoms with Crippen LogP contribution in [-0.2, 0) is 4.79 Å². The summed E-state index contributed by atoms with van der Waals surface area (Å²) in [7, 11) is 0. The summed E-state index contributed by atoms with van der Waals surface area (Å²) in [6.45, 7) is 1.61. The lowest BCUT2D eigenvalue weighted by Crippen LogP contribution is -2.21. The fourth-order valence-corrected chi connectivity index (χ4v) is 1.75. The zero-order chi connectivity index (χ0) is 16.7. The molecule has 2 rings (SSSR count). The molecule has 0 saturated carbocycles. The second-order valence-corrected chi connectivity index (χ2v) is 4.77. The first kappa shape index (κ1) is 16.3. The normalized spacial score (nSPS) is 11.0. The van der Waals surface area contributed by atoms with Crippen molar-refractivity contribution in [1.82, 2.24) is 10.4 Å². The summed E-state index contributed by atoms with van der Waals surface area (Å²) >= 11 is 0. The van der Waals surface area contributed by atoms with Crippen LogP contribution in [0, 0.1) is 5.82 Å². The van der Waals surface area contributed by atoms with E-state index in [1.54, 1.807) is 31.3 Å². The van der Waals surface area contributed by atoms with Gasteiger partial charge >= 0.3 is 0 Å². The zero-order valence-corrected chi connectivity index (χ0v) is 12.4. The maximum absolute atomic E-state index is 13.0. The Kier molecular flexibility index (Phi) is 5.51. The van der Waals surface area contributed by atoms with E-state index in [-0.39, 0.29) is 12.3 Å². The average Bonchev–Trinajstić information content (AvgIpc) is 2.53. The van der Waals surface area contributed by atoms with E-state index in [4.69, 9.17) is 0 Å². The molecule has 1 heterocycles. The van der Waals surface area contributed by atoms with Crippen molar-refractivity contribution in [3.05, 3.63) is 60.2 Å². The Balaban J connectivity index is 1.87. The third-order valence-electron chi connectivity index (χ3n) is 2.80. The topological polar surface area (TPSA) is 83.5 Å². The van der Waals surface area contributed by atoms with Crippen LogP contribution in [0.15, 0.2) is 53.9 Å². The molecule has 1 aromatic carbocycles. The van der Waals surface area contributed by atoms with Crippen LogP contribution in [0.2, 0.25) is 0 Å². The molecular formula is C16H15FN4O2. The lowest BCUT2D eigenvalue weighted by atomic mass is 10.2. The average molecular weight is 314 g/mol. The Labute approximate surface area is 132 Å². The standard InChI is InChI=1S/C16H15FN4O2/c1-11(20-21-16(23)12-4-3-7-18-10-12)8-15(22)19-14-6-2-5-13(17)9-14/h2-7,9-10H,8H2,1H3,(H,19,22)(H,21,23)/b20-11-. The number of nitrogens with one attached hydrogen (secondary N) is 2. The van der Waals surface area contributed by atoms with E-state index in [0.717, 1.165) is 0 Å². The summed E-state index contributed by atoms with van der Waals surface area (Å²) in [6, 6.07) is 8.82. The number of halogens is 1. The van der Waals surface area contributed by atoms with Crippen LogP contribution in [0.3, 0.4) is 0 Å². The number of aromatic nitrogens is 1. The smallest absolute Gasteiger partial charge is 0.272 e. The molecule has 2 N–H and O–H groups in total. The van der Waals surface area contributed by atoms with E-state index >= 15 is 0 Å². The highest BCUT2D eigenvalue weighted by molar-refractivity contribution is 6.06. The van der Waals surface area contributed by atoms with Crippen molar-refractivity contribution in [3.8, 4) is 0 Å². The molecule has 23 heavy (non-hydrogen) atoms. The predicted octanol–water partition coefficient (Wildman–Crippen LogP) is 2.36. The van der Waals surface area contributed by atoms with Crippen LogP contribution in [0.5, 0.6) is 0 Å². The highest BCUT2D eigenvalue weighted by Gasteiger charge is 2.07. The molecule has 0 aliphatic rings. The maximum atomic E-state index is 13.0. The molecule has 0 aliphatic heterocycles. The predicted molar refractivity (Wildman–Crippen MR) is 84.5 cm³/mol. The van der Waals surface area contributed by atoms with Gasteiger partial charge in [0.15, 0.2) is 0 Å². The summed E-state index contributed by atoms with van der Waals surface area (Å²) in [5.41, 5.74) is 3.49. The molecule has 1 aromatic heterocycles. The van der Waals surface area contributed by atoms with Crippen LogP contribution in [0.1, 0.15) is 23.7 Å². The number of hydrogen-bond acceptors (Lipinski definition) is 4. The second-order valence-electron chi connectivity index (χ2n) is 4.77. The molecule has 0 aliphatic carbocycles. The van der Waals surface area contributed by atoms with Gasteiger partial charge in [0.25, 0.3) is 5.91 Å². The largest absolute Gasteiger partial charge is 0.326 e. The third kappa shape index (κ3) is 5.31. The van der Waals surface area contributed by atoms with Crippen LogP contribution in [0.4, 0.5) is 10.1 Å². The molecule has 0 unspecified atom stereocenters. The first-order valence-corrected chi connectivity index (χ1v) is 6.83. The van der Waals surface area contributed by atoms with Crippen molar-refractivity contribution < 1.29 is 14.0 Å². The minimum atomic E-state index is -0.433. The molecule has 0 saturated heterocycles. The molecular weight excluding hydrogens is 299 g/mol. The molecule has 0 spiro atoms. The summed E-state index contributed by atoms with van der Waals surface area (Å²) in [6.07, 6.45) is 2.95. The van der Waals surface area contributed by atoms with E-state index in [0.29, 0.717) is 17.0 Å². The van der Waals surface area contributed by atoms with Gasteiger partial charge in [0, 0.05) is 23.8 Å². The van der Waals surface area contributed by atoms with E-state index in [2.05, 4.69) is 20.8 Å². The fourth-order valence-electron chi connectivity index (χ4n) is 1.75. The van der Waals surface area contributed by atoms with Crippen LogP contribution >= 0.6 is 0 Å². The van der Waals surface area contributed by atoms with Gasteiger partial charge in [0.1, 0.15) is 5.82 Å². The van der Waals surface area contributed by atoms with Crippen molar-refractivity contribution >= 4 is 23.2 Å². The number of pyridine rings is 1. The highest BCUT2D eigenvalue weighted by Crippen LogP contribution is 2.09. The number of carbonyl (C=O) groups excluding carboxylic acids is 2. The number of rotatable bonds is 5. The van der Waals surface area contributed by atoms with E-state index in [1.165, 1.54) is 24.4 Å². The number of anilines is 1. The van der Waals surface area contributed by atoms with Gasteiger partial charge in [0.2, 0.25) is 5.91 Å². The molecule has 0 bridgehead atoms. The van der Waals surface area contributed by atoms with Gasteiger partial charge in [0.05, 0.1) is 12.0 Å². The molecule has 2 amide bonds. The van der Waals surface area contributed by atoms with Gasteiger partial charge in [-0.3, -0.25) is 14.6 Å². The minimum absolute atomic E-state index is 0.0240. The summed E-state index contributed by atoms with van der Waals surface area (Å²) < 4.78 is 13.0. The monoisotopic (exact) mass is 314 g/mol. The Morgan fingerprint density at radius 2 is 2.09 bits per heavy atom. The Hall–Kier alpha value is -3.09. The molecule has 0 fully saturated rings. The Morgan fingerprint density at radius 3 is 2.78 bits per heavy atom. The van der Waals surface area contributed by atoms with Gasteiger partial charge in [-0.2, -0.15) is 5.10 Å². The molecule has 0 radical (unpaired) electrons. The number of amides is 2. The number of carbonyl (C=O) groups is 2. The third-order valence-corrected chi connectivity index (χ3v) is 2.80. The first-order chi connectivity index (χ1) is 11.0. The van der Waals surface area contributed by atoms with E-state index < -0.39 is 11.7 Å². The number of hydrazone groups is 1. The van der Waals surface area contributed by atoms with E-state index in [9.17, 15) is 14.0 Å². The number of hydrogen-bond donors (Lipinski definition) is 2. The summed E-state index contributed by atoms with van der Waals surface area (Å²) in [5.74, 6) is -1.20.